The van der Waals surface area contributed by atoms with Crippen LogP contribution in [0.5, 0.6) is 0 Å². The molecule has 0 amide bonds. The Hall–Kier alpha value is -1.45. The second-order valence-electron chi connectivity index (χ2n) is 4.43. The Morgan fingerprint density at radius 2 is 2.25 bits per heavy atom. The summed E-state index contributed by atoms with van der Waals surface area (Å²) in [4.78, 5) is 13.5. The maximum Gasteiger partial charge on any atom is 0.151 e. The third kappa shape index (κ3) is 2.38. The van der Waals surface area contributed by atoms with Gasteiger partial charge in [0.15, 0.2) is 5.82 Å². The molecule has 16 heavy (non-hydrogen) atoms. The third-order valence-electron chi connectivity index (χ3n) is 3.10. The quantitative estimate of drug-likeness (QED) is 0.757. The van der Waals surface area contributed by atoms with Crippen LogP contribution in [0.3, 0.4) is 0 Å². The first-order chi connectivity index (χ1) is 7.66. The number of carbonyl (C=O) groups is 1. The number of hydrogen-bond acceptors (Lipinski definition) is 4. The fraction of sp³-hybridized carbons (Fsp3) is 0.583. The minimum Gasteiger partial charge on any atom is -0.354 e. The smallest absolute Gasteiger partial charge is 0.151 e. The van der Waals surface area contributed by atoms with Crippen molar-refractivity contribution in [2.24, 2.45) is 5.92 Å². The Bertz CT molecular complexity index is 374. The average molecular weight is 219 g/mol. The van der Waals surface area contributed by atoms with Gasteiger partial charge in [0.25, 0.3) is 0 Å². The Kier molecular flexibility index (Phi) is 3.17. The topological polar surface area (TPSA) is 46.1 Å². The van der Waals surface area contributed by atoms with E-state index in [1.165, 1.54) is 0 Å². The molecule has 0 bridgehead atoms. The number of nitrogens with zero attached hydrogens (tertiary/aromatic N) is 3. The molecule has 2 heterocycles. The van der Waals surface area contributed by atoms with Gasteiger partial charge in [0.2, 0.25) is 0 Å². The van der Waals surface area contributed by atoms with Gasteiger partial charge in [-0.25, -0.2) is 0 Å². The van der Waals surface area contributed by atoms with Crippen molar-refractivity contribution in [3.63, 3.8) is 0 Å². The van der Waals surface area contributed by atoms with Crippen molar-refractivity contribution in [2.75, 3.05) is 18.0 Å². The second-order valence-corrected chi connectivity index (χ2v) is 4.43. The predicted octanol–water partition coefficient (Wildman–Crippen LogP) is 1.59. The van der Waals surface area contributed by atoms with Crippen molar-refractivity contribution in [3.8, 4) is 0 Å². The minimum atomic E-state index is 0.164. The molecule has 0 aliphatic carbocycles. The summed E-state index contributed by atoms with van der Waals surface area (Å²) < 4.78 is 0. The van der Waals surface area contributed by atoms with Crippen LogP contribution in [0.4, 0.5) is 5.82 Å². The molecule has 1 saturated heterocycles. The lowest BCUT2D eigenvalue weighted by Crippen LogP contribution is -2.38. The molecule has 1 aromatic heterocycles. The molecule has 2 rings (SSSR count). The average Bonchev–Trinajstić information content (AvgIpc) is 2.30. The lowest BCUT2D eigenvalue weighted by Gasteiger charge is -2.32. The van der Waals surface area contributed by atoms with Crippen molar-refractivity contribution in [2.45, 2.75) is 26.7 Å². The molecular formula is C12H17N3O. The van der Waals surface area contributed by atoms with E-state index in [0.29, 0.717) is 0 Å². The van der Waals surface area contributed by atoms with Crippen LogP contribution in [0, 0.1) is 12.8 Å². The van der Waals surface area contributed by atoms with Crippen LogP contribution in [-0.4, -0.2) is 29.1 Å². The van der Waals surface area contributed by atoms with Crippen molar-refractivity contribution in [3.05, 3.63) is 17.8 Å². The molecule has 1 aliphatic heterocycles. The number of hydrogen-bond donors (Lipinski definition) is 0. The Morgan fingerprint density at radius 3 is 2.88 bits per heavy atom. The summed E-state index contributed by atoms with van der Waals surface area (Å²) in [7, 11) is 0. The van der Waals surface area contributed by atoms with Gasteiger partial charge in [0, 0.05) is 19.0 Å². The molecule has 0 N–H and O–H groups in total. The van der Waals surface area contributed by atoms with Crippen molar-refractivity contribution < 1.29 is 4.79 Å². The zero-order chi connectivity index (χ0) is 11.5. The van der Waals surface area contributed by atoms with Crippen molar-refractivity contribution in [1.82, 2.24) is 10.2 Å². The predicted molar refractivity (Wildman–Crippen MR) is 62.4 cm³/mol. The van der Waals surface area contributed by atoms with E-state index in [0.717, 1.165) is 37.4 Å². The molecule has 4 nitrogen and oxygen atoms in total. The van der Waals surface area contributed by atoms with Crippen LogP contribution >= 0.6 is 0 Å². The van der Waals surface area contributed by atoms with Gasteiger partial charge in [0.1, 0.15) is 5.78 Å². The van der Waals surface area contributed by atoms with E-state index in [1.54, 1.807) is 6.92 Å². The van der Waals surface area contributed by atoms with Crippen LogP contribution in [0.1, 0.15) is 25.5 Å². The number of Topliss-reactive ketones (excluding diaryl/α,β-unsaturated/α-hetero) is 1. The van der Waals surface area contributed by atoms with Crippen molar-refractivity contribution in [1.29, 1.82) is 0 Å². The van der Waals surface area contributed by atoms with E-state index in [1.807, 2.05) is 19.1 Å². The number of carbonyl (C=O) groups excluding carboxylic acids is 1. The van der Waals surface area contributed by atoms with E-state index < -0.39 is 0 Å². The summed E-state index contributed by atoms with van der Waals surface area (Å²) in [5.74, 6) is 1.33. The highest BCUT2D eigenvalue weighted by atomic mass is 16.1. The fourth-order valence-electron chi connectivity index (χ4n) is 2.08. The molecule has 0 radical (unpaired) electrons. The molecular weight excluding hydrogens is 202 g/mol. The van der Waals surface area contributed by atoms with Crippen molar-refractivity contribution >= 4 is 11.6 Å². The lowest BCUT2D eigenvalue weighted by molar-refractivity contribution is -0.120. The number of piperidine rings is 1. The summed E-state index contributed by atoms with van der Waals surface area (Å²) in [6.45, 7) is 5.36. The van der Waals surface area contributed by atoms with Gasteiger partial charge < -0.3 is 4.90 Å². The number of aryl methyl sites for hydroxylation is 1. The molecule has 4 heteroatoms. The molecule has 1 atom stereocenters. The van der Waals surface area contributed by atoms with E-state index in [-0.39, 0.29) is 11.7 Å². The van der Waals surface area contributed by atoms with E-state index in [4.69, 9.17) is 0 Å². The molecule has 0 aromatic carbocycles. The highest BCUT2D eigenvalue weighted by molar-refractivity contribution is 5.79. The Balaban J connectivity index is 2.09. The molecule has 0 spiro atoms. The van der Waals surface area contributed by atoms with E-state index in [2.05, 4.69) is 15.1 Å². The summed E-state index contributed by atoms with van der Waals surface area (Å²) >= 11 is 0. The van der Waals surface area contributed by atoms with Gasteiger partial charge in [-0.05, 0) is 38.8 Å². The molecule has 0 saturated carbocycles. The summed E-state index contributed by atoms with van der Waals surface area (Å²) in [6.07, 6.45) is 2.06. The van der Waals surface area contributed by atoms with Gasteiger partial charge in [0.05, 0.1) is 5.69 Å². The second kappa shape index (κ2) is 4.60. The van der Waals surface area contributed by atoms with Crippen LogP contribution in [0.2, 0.25) is 0 Å². The molecule has 86 valence electrons. The molecule has 1 fully saturated rings. The van der Waals surface area contributed by atoms with Gasteiger partial charge >= 0.3 is 0 Å². The first-order valence-electron chi connectivity index (χ1n) is 5.72. The number of ketones is 1. The molecule has 1 aliphatic rings. The van der Waals surface area contributed by atoms with E-state index >= 15 is 0 Å². The lowest BCUT2D eigenvalue weighted by atomic mass is 9.95. The highest BCUT2D eigenvalue weighted by Gasteiger charge is 2.23. The first-order valence-corrected chi connectivity index (χ1v) is 5.72. The van der Waals surface area contributed by atoms with Gasteiger partial charge in [-0.2, -0.15) is 5.10 Å². The number of aromatic nitrogens is 2. The molecule has 1 unspecified atom stereocenters. The summed E-state index contributed by atoms with van der Waals surface area (Å²) in [5.41, 5.74) is 0.920. The number of rotatable bonds is 2. The maximum atomic E-state index is 11.4. The van der Waals surface area contributed by atoms with Crippen LogP contribution < -0.4 is 4.90 Å². The third-order valence-corrected chi connectivity index (χ3v) is 3.10. The monoisotopic (exact) mass is 219 g/mol. The summed E-state index contributed by atoms with van der Waals surface area (Å²) in [6, 6.07) is 3.94. The zero-order valence-electron chi connectivity index (χ0n) is 9.81. The SMILES string of the molecule is CC(=O)C1CCCN(c2ccc(C)nn2)C1. The normalized spacial score (nSPS) is 20.9. The Labute approximate surface area is 95.7 Å². The Morgan fingerprint density at radius 1 is 1.44 bits per heavy atom. The zero-order valence-corrected chi connectivity index (χ0v) is 9.81. The maximum absolute atomic E-state index is 11.4. The highest BCUT2D eigenvalue weighted by Crippen LogP contribution is 2.21. The van der Waals surface area contributed by atoms with Crippen LogP contribution in [0.25, 0.3) is 0 Å². The van der Waals surface area contributed by atoms with Gasteiger partial charge in [-0.1, -0.05) is 0 Å². The number of anilines is 1. The standard InChI is InChI=1S/C12H17N3O/c1-9-5-6-12(14-13-9)15-7-3-4-11(8-15)10(2)16/h5-6,11H,3-4,7-8H2,1-2H3. The van der Waals surface area contributed by atoms with Gasteiger partial charge in [-0.3, -0.25) is 4.79 Å². The first kappa shape index (κ1) is 11.0. The van der Waals surface area contributed by atoms with Gasteiger partial charge in [-0.15, -0.1) is 5.10 Å². The van der Waals surface area contributed by atoms with Crippen LogP contribution in [-0.2, 0) is 4.79 Å². The largest absolute Gasteiger partial charge is 0.354 e. The molecule has 1 aromatic rings. The van der Waals surface area contributed by atoms with E-state index in [9.17, 15) is 4.79 Å². The van der Waals surface area contributed by atoms with Crippen LogP contribution in [0.15, 0.2) is 12.1 Å². The fourth-order valence-corrected chi connectivity index (χ4v) is 2.08. The summed E-state index contributed by atoms with van der Waals surface area (Å²) in [5, 5.41) is 8.21. The minimum absolute atomic E-state index is 0.164.